The number of rotatable bonds is 4. The molecule has 0 aromatic carbocycles. The zero-order chi connectivity index (χ0) is 13.8. The van der Waals surface area contributed by atoms with Crippen LogP contribution in [0.2, 0.25) is 0 Å². The molecule has 1 amide bonds. The Kier molecular flexibility index (Phi) is 4.52. The van der Waals surface area contributed by atoms with Gasteiger partial charge in [-0.25, -0.2) is 9.78 Å². The third kappa shape index (κ3) is 3.53. The van der Waals surface area contributed by atoms with Crippen molar-refractivity contribution in [2.24, 2.45) is 5.92 Å². The van der Waals surface area contributed by atoms with Gasteiger partial charge in [-0.3, -0.25) is 4.79 Å². The molecule has 1 aliphatic carbocycles. The number of carboxylic acids is 1. The number of carboxylic acid groups (broad SMARTS) is 1. The molecule has 0 spiro atoms. The van der Waals surface area contributed by atoms with Gasteiger partial charge in [-0.1, -0.05) is 19.3 Å². The van der Waals surface area contributed by atoms with Crippen molar-refractivity contribution in [3.05, 3.63) is 16.1 Å². The van der Waals surface area contributed by atoms with Crippen LogP contribution in [0.5, 0.6) is 0 Å². The van der Waals surface area contributed by atoms with Crippen molar-refractivity contribution in [1.82, 2.24) is 10.3 Å². The number of aromatic carboxylic acids is 1. The van der Waals surface area contributed by atoms with Crippen LogP contribution in [0.25, 0.3) is 0 Å². The van der Waals surface area contributed by atoms with Crippen LogP contribution in [-0.2, 0) is 0 Å². The zero-order valence-corrected chi connectivity index (χ0v) is 11.7. The van der Waals surface area contributed by atoms with E-state index in [1.54, 1.807) is 0 Å². The number of nitrogens with one attached hydrogen (secondary N) is 1. The first-order chi connectivity index (χ1) is 9.08. The molecular weight excluding hydrogens is 264 g/mol. The van der Waals surface area contributed by atoms with Gasteiger partial charge in [0, 0.05) is 6.04 Å². The minimum Gasteiger partial charge on any atom is -0.476 e. The predicted octanol–water partition coefficient (Wildman–Crippen LogP) is 2.54. The summed E-state index contributed by atoms with van der Waals surface area (Å²) in [6, 6.07) is 0.128. The molecule has 19 heavy (non-hydrogen) atoms. The second-order valence-corrected chi connectivity index (χ2v) is 6.03. The fourth-order valence-corrected chi connectivity index (χ4v) is 3.17. The molecule has 1 atom stereocenters. The van der Waals surface area contributed by atoms with Gasteiger partial charge in [-0.2, -0.15) is 0 Å². The average Bonchev–Trinajstić information content (AvgIpc) is 2.89. The smallest absolute Gasteiger partial charge is 0.365 e. The van der Waals surface area contributed by atoms with Crippen LogP contribution in [0.3, 0.4) is 0 Å². The first-order valence-electron chi connectivity index (χ1n) is 6.58. The molecule has 1 fully saturated rings. The fourth-order valence-electron chi connectivity index (χ4n) is 2.51. The highest BCUT2D eigenvalue weighted by Crippen LogP contribution is 2.26. The molecule has 1 aromatic heterocycles. The third-order valence-electron chi connectivity index (χ3n) is 3.63. The van der Waals surface area contributed by atoms with Crippen molar-refractivity contribution in [3.63, 3.8) is 0 Å². The Morgan fingerprint density at radius 2 is 2.11 bits per heavy atom. The summed E-state index contributed by atoms with van der Waals surface area (Å²) in [5.74, 6) is -0.781. The Morgan fingerprint density at radius 3 is 2.68 bits per heavy atom. The van der Waals surface area contributed by atoms with E-state index in [9.17, 15) is 9.59 Å². The van der Waals surface area contributed by atoms with Gasteiger partial charge in [0.05, 0.1) is 6.20 Å². The van der Waals surface area contributed by atoms with Crippen LogP contribution in [0.4, 0.5) is 0 Å². The minimum absolute atomic E-state index is 0.0459. The number of aromatic nitrogens is 1. The quantitative estimate of drug-likeness (QED) is 0.889. The highest BCUT2D eigenvalue weighted by Gasteiger charge is 2.23. The standard InChI is InChI=1S/C13H18N2O3S/c1-8(9-5-3-2-4-6-9)15-11(16)10-7-14-12(19-10)13(17)18/h7-9H,2-6H2,1H3,(H,15,16)(H,17,18). The van der Waals surface area contributed by atoms with Gasteiger partial charge in [-0.15, -0.1) is 11.3 Å². The molecule has 1 saturated carbocycles. The molecule has 1 aromatic rings. The first kappa shape index (κ1) is 14.0. The van der Waals surface area contributed by atoms with Crippen molar-refractivity contribution in [2.45, 2.75) is 45.1 Å². The summed E-state index contributed by atoms with van der Waals surface area (Å²) < 4.78 is 0. The summed E-state index contributed by atoms with van der Waals surface area (Å²) in [5.41, 5.74) is 0. The van der Waals surface area contributed by atoms with E-state index in [-0.39, 0.29) is 17.0 Å². The molecule has 1 aliphatic rings. The van der Waals surface area contributed by atoms with Gasteiger partial charge in [0.25, 0.3) is 5.91 Å². The summed E-state index contributed by atoms with van der Waals surface area (Å²) in [6.07, 6.45) is 7.39. The highest BCUT2D eigenvalue weighted by atomic mass is 32.1. The summed E-state index contributed by atoms with van der Waals surface area (Å²) in [7, 11) is 0. The molecule has 1 heterocycles. The summed E-state index contributed by atoms with van der Waals surface area (Å²) in [5, 5.41) is 11.7. The van der Waals surface area contributed by atoms with Crippen molar-refractivity contribution >= 4 is 23.2 Å². The Balaban J connectivity index is 1.93. The Morgan fingerprint density at radius 1 is 1.42 bits per heavy atom. The second-order valence-electron chi connectivity index (χ2n) is 5.00. The van der Waals surface area contributed by atoms with Gasteiger partial charge in [0.15, 0.2) is 0 Å². The highest BCUT2D eigenvalue weighted by molar-refractivity contribution is 7.15. The molecule has 5 nitrogen and oxygen atoms in total. The number of hydrogen-bond donors (Lipinski definition) is 2. The van der Waals surface area contributed by atoms with E-state index in [1.165, 1.54) is 25.5 Å². The van der Waals surface area contributed by atoms with Crippen molar-refractivity contribution in [3.8, 4) is 0 Å². The van der Waals surface area contributed by atoms with E-state index < -0.39 is 5.97 Å². The molecule has 0 aliphatic heterocycles. The maximum atomic E-state index is 12.0. The van der Waals surface area contributed by atoms with Gasteiger partial charge in [0.1, 0.15) is 4.88 Å². The Bertz CT molecular complexity index is 466. The van der Waals surface area contributed by atoms with Crippen molar-refractivity contribution < 1.29 is 14.7 Å². The molecule has 6 heteroatoms. The first-order valence-corrected chi connectivity index (χ1v) is 7.39. The number of carbonyl (C=O) groups is 2. The normalized spacial score (nSPS) is 17.9. The fraction of sp³-hybridized carbons (Fsp3) is 0.615. The molecule has 0 saturated heterocycles. The Labute approximate surface area is 116 Å². The second kappa shape index (κ2) is 6.14. The molecular formula is C13H18N2O3S. The molecule has 2 rings (SSSR count). The van der Waals surface area contributed by atoms with Crippen LogP contribution in [0.15, 0.2) is 6.20 Å². The lowest BCUT2D eigenvalue weighted by Gasteiger charge is -2.28. The van der Waals surface area contributed by atoms with Gasteiger partial charge in [0.2, 0.25) is 5.01 Å². The molecule has 0 radical (unpaired) electrons. The van der Waals surface area contributed by atoms with E-state index in [0.29, 0.717) is 10.8 Å². The SMILES string of the molecule is CC(NC(=O)c1cnc(C(=O)O)s1)C1CCCCC1. The number of carbonyl (C=O) groups excluding carboxylic acids is 1. The topological polar surface area (TPSA) is 79.3 Å². The average molecular weight is 282 g/mol. The minimum atomic E-state index is -1.09. The van der Waals surface area contributed by atoms with Crippen LogP contribution in [-0.4, -0.2) is 28.0 Å². The number of thiazole rings is 1. The largest absolute Gasteiger partial charge is 0.476 e. The summed E-state index contributed by atoms with van der Waals surface area (Å²) >= 11 is 0.915. The summed E-state index contributed by atoms with van der Waals surface area (Å²) in [4.78, 5) is 26.8. The zero-order valence-electron chi connectivity index (χ0n) is 10.9. The Hall–Kier alpha value is -1.43. The molecule has 0 bridgehead atoms. The lowest BCUT2D eigenvalue weighted by molar-refractivity contribution is 0.0696. The number of amides is 1. The molecule has 2 N–H and O–H groups in total. The number of nitrogens with zero attached hydrogens (tertiary/aromatic N) is 1. The van der Waals surface area contributed by atoms with E-state index in [1.807, 2.05) is 6.92 Å². The monoisotopic (exact) mass is 282 g/mol. The lowest BCUT2D eigenvalue weighted by Crippen LogP contribution is -2.38. The van der Waals surface area contributed by atoms with E-state index >= 15 is 0 Å². The predicted molar refractivity (Wildman–Crippen MR) is 72.6 cm³/mol. The third-order valence-corrected chi connectivity index (χ3v) is 4.61. The maximum Gasteiger partial charge on any atom is 0.365 e. The lowest BCUT2D eigenvalue weighted by atomic mass is 9.84. The van der Waals surface area contributed by atoms with Crippen LogP contribution in [0.1, 0.15) is 58.5 Å². The van der Waals surface area contributed by atoms with E-state index in [0.717, 1.165) is 24.2 Å². The van der Waals surface area contributed by atoms with E-state index in [4.69, 9.17) is 5.11 Å². The van der Waals surface area contributed by atoms with Crippen LogP contribution in [0, 0.1) is 5.92 Å². The summed E-state index contributed by atoms with van der Waals surface area (Å²) in [6.45, 7) is 2.02. The molecule has 1 unspecified atom stereocenters. The van der Waals surface area contributed by atoms with Crippen molar-refractivity contribution in [2.75, 3.05) is 0 Å². The maximum absolute atomic E-state index is 12.0. The van der Waals surface area contributed by atoms with Gasteiger partial charge in [-0.05, 0) is 25.7 Å². The van der Waals surface area contributed by atoms with E-state index in [2.05, 4.69) is 10.3 Å². The van der Waals surface area contributed by atoms with Gasteiger partial charge >= 0.3 is 5.97 Å². The number of hydrogen-bond acceptors (Lipinski definition) is 4. The van der Waals surface area contributed by atoms with Crippen LogP contribution < -0.4 is 5.32 Å². The molecule has 104 valence electrons. The van der Waals surface area contributed by atoms with Crippen molar-refractivity contribution in [1.29, 1.82) is 0 Å². The van der Waals surface area contributed by atoms with Gasteiger partial charge < -0.3 is 10.4 Å². The van der Waals surface area contributed by atoms with Crippen LogP contribution >= 0.6 is 11.3 Å².